The summed E-state index contributed by atoms with van der Waals surface area (Å²) in [6.07, 6.45) is 3.45. The number of carbonyl (C=O) groups is 1. The molecule has 0 spiro atoms. The first kappa shape index (κ1) is 25.3. The maximum atomic E-state index is 13.4. The molecule has 0 radical (unpaired) electrons. The summed E-state index contributed by atoms with van der Waals surface area (Å²) in [5.74, 6) is 0.289. The number of aryl methyl sites for hydroxylation is 1. The zero-order valence-corrected chi connectivity index (χ0v) is 22.1. The maximum Gasteiger partial charge on any atom is 0.263 e. The number of halogens is 1. The van der Waals surface area contributed by atoms with Gasteiger partial charge in [0.05, 0.1) is 4.90 Å². The fourth-order valence-electron chi connectivity index (χ4n) is 4.97. The van der Waals surface area contributed by atoms with Crippen molar-refractivity contribution in [2.45, 2.75) is 30.7 Å². The van der Waals surface area contributed by atoms with Crippen LogP contribution in [0.15, 0.2) is 65.7 Å². The van der Waals surface area contributed by atoms with Crippen molar-refractivity contribution in [2.75, 3.05) is 47.2 Å². The summed E-state index contributed by atoms with van der Waals surface area (Å²) in [5.41, 5.74) is 3.21. The lowest BCUT2D eigenvalue weighted by Crippen LogP contribution is -2.55. The molecule has 37 heavy (non-hydrogen) atoms. The van der Waals surface area contributed by atoms with Crippen molar-refractivity contribution in [3.63, 3.8) is 0 Å². The lowest BCUT2D eigenvalue weighted by Gasteiger charge is -2.41. The van der Waals surface area contributed by atoms with Crippen LogP contribution in [0.1, 0.15) is 18.9 Å². The normalized spacial score (nSPS) is 16.8. The van der Waals surface area contributed by atoms with E-state index in [1.807, 2.05) is 30.0 Å². The van der Waals surface area contributed by atoms with Gasteiger partial charge in [-0.3, -0.25) is 9.52 Å². The highest BCUT2D eigenvalue weighted by Gasteiger charge is 2.31. The van der Waals surface area contributed by atoms with Gasteiger partial charge in [0.1, 0.15) is 6.04 Å². The molecule has 9 nitrogen and oxygen atoms in total. The van der Waals surface area contributed by atoms with E-state index in [-0.39, 0.29) is 22.7 Å². The van der Waals surface area contributed by atoms with Gasteiger partial charge in [-0.25, -0.2) is 8.42 Å². The highest BCUT2D eigenvalue weighted by Crippen LogP contribution is 2.31. The Morgan fingerprint density at radius 1 is 1.03 bits per heavy atom. The van der Waals surface area contributed by atoms with E-state index in [1.54, 1.807) is 36.4 Å². The molecular formula is C26H29ClN6O3S. The van der Waals surface area contributed by atoms with Crippen LogP contribution in [0.25, 0.3) is 0 Å². The third kappa shape index (κ3) is 5.50. The number of piperazine rings is 1. The second kappa shape index (κ2) is 10.5. The van der Waals surface area contributed by atoms with Crippen LogP contribution in [0, 0.1) is 0 Å². The van der Waals surface area contributed by atoms with Gasteiger partial charge in [0.25, 0.3) is 10.0 Å². The van der Waals surface area contributed by atoms with Crippen molar-refractivity contribution in [1.29, 1.82) is 0 Å². The molecular weight excluding hydrogens is 512 g/mol. The molecule has 11 heteroatoms. The van der Waals surface area contributed by atoms with Crippen molar-refractivity contribution in [3.05, 3.63) is 71.4 Å². The molecule has 0 saturated carbocycles. The Hall–Kier alpha value is -3.37. The van der Waals surface area contributed by atoms with Crippen LogP contribution in [0.5, 0.6) is 0 Å². The zero-order valence-electron chi connectivity index (χ0n) is 20.5. The summed E-state index contributed by atoms with van der Waals surface area (Å²) >= 11 is 6.18. The van der Waals surface area contributed by atoms with Crippen LogP contribution in [0.3, 0.4) is 0 Å². The van der Waals surface area contributed by atoms with Gasteiger partial charge in [-0.1, -0.05) is 11.6 Å². The van der Waals surface area contributed by atoms with Crippen LogP contribution in [-0.4, -0.2) is 68.2 Å². The SMILES string of the molecule is C[C@@H](C(=O)N1CCN(c2ccc(S(=O)(=O)Nc3cccnn3)cc2)CC1)N1CCCc2cc(Cl)ccc21. The standard InChI is InChI=1S/C26H29ClN6O3S/c1-19(33-13-3-4-20-18-21(27)6-11-24(20)33)26(34)32-16-14-31(15-17-32)22-7-9-23(10-8-22)37(35,36)30-25-5-2-12-28-29-25/h2,5-12,18-19H,3-4,13-17H2,1H3,(H,29,30)/t19-/m0/s1. The molecule has 5 rings (SSSR count). The van der Waals surface area contributed by atoms with Gasteiger partial charge in [0.2, 0.25) is 5.91 Å². The summed E-state index contributed by atoms with van der Waals surface area (Å²) in [4.78, 5) is 19.8. The molecule has 0 unspecified atom stereocenters. The molecule has 194 valence electrons. The zero-order chi connectivity index (χ0) is 26.0. The van der Waals surface area contributed by atoms with E-state index in [4.69, 9.17) is 11.6 Å². The summed E-state index contributed by atoms with van der Waals surface area (Å²) < 4.78 is 27.7. The van der Waals surface area contributed by atoms with Gasteiger partial charge in [-0.2, -0.15) is 5.10 Å². The van der Waals surface area contributed by atoms with Crippen molar-refractivity contribution in [2.24, 2.45) is 0 Å². The molecule has 2 aliphatic rings. The predicted octanol–water partition coefficient (Wildman–Crippen LogP) is 3.42. The van der Waals surface area contributed by atoms with E-state index in [9.17, 15) is 13.2 Å². The van der Waals surface area contributed by atoms with Crippen LogP contribution in [-0.2, 0) is 21.2 Å². The lowest BCUT2D eigenvalue weighted by atomic mass is 10.00. The van der Waals surface area contributed by atoms with Gasteiger partial charge in [0.15, 0.2) is 5.82 Å². The van der Waals surface area contributed by atoms with Gasteiger partial charge in [-0.05, 0) is 79.9 Å². The fourth-order valence-corrected chi connectivity index (χ4v) is 6.16. The minimum atomic E-state index is -3.76. The quantitative estimate of drug-likeness (QED) is 0.511. The highest BCUT2D eigenvalue weighted by atomic mass is 35.5. The monoisotopic (exact) mass is 540 g/mol. The molecule has 2 aromatic carbocycles. The number of carbonyl (C=O) groups excluding carboxylic acids is 1. The van der Waals surface area contributed by atoms with Crippen LogP contribution in [0.4, 0.5) is 17.2 Å². The number of aromatic nitrogens is 2. The number of rotatable bonds is 6. The maximum absolute atomic E-state index is 13.4. The van der Waals surface area contributed by atoms with Crippen molar-refractivity contribution >= 4 is 44.7 Å². The molecule has 0 aliphatic carbocycles. The average Bonchev–Trinajstić information content (AvgIpc) is 2.92. The van der Waals surface area contributed by atoms with E-state index in [0.29, 0.717) is 26.2 Å². The third-order valence-electron chi connectivity index (χ3n) is 6.94. The highest BCUT2D eigenvalue weighted by molar-refractivity contribution is 7.92. The molecule has 1 atom stereocenters. The van der Waals surface area contributed by atoms with Crippen LogP contribution in [0.2, 0.25) is 5.02 Å². The summed E-state index contributed by atoms with van der Waals surface area (Å²) in [6, 6.07) is 15.5. The molecule has 0 bridgehead atoms. The molecule has 3 aromatic rings. The van der Waals surface area contributed by atoms with Gasteiger partial charge in [-0.15, -0.1) is 5.10 Å². The van der Waals surface area contributed by atoms with E-state index in [1.165, 1.54) is 11.8 Å². The van der Waals surface area contributed by atoms with E-state index in [0.717, 1.165) is 35.8 Å². The van der Waals surface area contributed by atoms with Gasteiger partial charge < -0.3 is 14.7 Å². The van der Waals surface area contributed by atoms with Crippen molar-refractivity contribution in [3.8, 4) is 0 Å². The molecule has 2 aliphatic heterocycles. The van der Waals surface area contributed by atoms with E-state index in [2.05, 4.69) is 24.7 Å². The first-order chi connectivity index (χ1) is 17.8. The minimum absolute atomic E-state index is 0.124. The minimum Gasteiger partial charge on any atom is -0.368 e. The molecule has 1 saturated heterocycles. The number of amides is 1. The Morgan fingerprint density at radius 3 is 2.49 bits per heavy atom. The van der Waals surface area contributed by atoms with E-state index < -0.39 is 10.0 Å². The Labute approximate surface area is 222 Å². The molecule has 1 aromatic heterocycles. The molecule has 1 fully saturated rings. The fraction of sp³-hybridized carbons (Fsp3) is 0.346. The van der Waals surface area contributed by atoms with Gasteiger partial charge >= 0.3 is 0 Å². The topological polar surface area (TPSA) is 98.7 Å². The second-order valence-corrected chi connectivity index (χ2v) is 11.4. The summed E-state index contributed by atoms with van der Waals surface area (Å²) in [5, 5.41) is 8.18. The number of sulfonamides is 1. The number of hydrogen-bond donors (Lipinski definition) is 1. The van der Waals surface area contributed by atoms with E-state index >= 15 is 0 Å². The number of nitrogens with one attached hydrogen (secondary N) is 1. The number of anilines is 3. The average molecular weight is 541 g/mol. The lowest BCUT2D eigenvalue weighted by molar-refractivity contribution is -0.132. The predicted molar refractivity (Wildman–Crippen MR) is 145 cm³/mol. The van der Waals surface area contributed by atoms with Crippen LogP contribution < -0.4 is 14.5 Å². The summed E-state index contributed by atoms with van der Waals surface area (Å²) in [7, 11) is -3.76. The smallest absolute Gasteiger partial charge is 0.263 e. The Bertz CT molecular complexity index is 1360. The first-order valence-electron chi connectivity index (χ1n) is 12.3. The number of hydrogen-bond acceptors (Lipinski definition) is 7. The Kier molecular flexibility index (Phi) is 7.21. The Balaban J connectivity index is 1.19. The third-order valence-corrected chi connectivity index (χ3v) is 8.54. The molecule has 1 amide bonds. The number of nitrogens with zero attached hydrogens (tertiary/aromatic N) is 5. The summed E-state index contributed by atoms with van der Waals surface area (Å²) in [6.45, 7) is 5.40. The van der Waals surface area contributed by atoms with Crippen molar-refractivity contribution < 1.29 is 13.2 Å². The number of fused-ring (bicyclic) bond motifs is 1. The Morgan fingerprint density at radius 2 is 1.78 bits per heavy atom. The van der Waals surface area contributed by atoms with Crippen molar-refractivity contribution in [1.82, 2.24) is 15.1 Å². The van der Waals surface area contributed by atoms with Gasteiger partial charge in [0, 0.05) is 55.3 Å². The first-order valence-corrected chi connectivity index (χ1v) is 14.2. The molecule has 1 N–H and O–H groups in total. The molecule has 3 heterocycles. The van der Waals surface area contributed by atoms with Crippen LogP contribution >= 0.6 is 11.6 Å². The second-order valence-electron chi connectivity index (χ2n) is 9.27. The largest absolute Gasteiger partial charge is 0.368 e. The number of benzene rings is 2.